The Hall–Kier alpha value is -2.85. The van der Waals surface area contributed by atoms with Crippen LogP contribution in [0.1, 0.15) is 17.0 Å². The summed E-state index contributed by atoms with van der Waals surface area (Å²) in [6.45, 7) is 0.171. The van der Waals surface area contributed by atoms with E-state index in [9.17, 15) is 26.3 Å². The molecule has 0 saturated carbocycles. The molecule has 136 valence electrons. The van der Waals surface area contributed by atoms with Gasteiger partial charge in [-0.15, -0.1) is 15.3 Å². The van der Waals surface area contributed by atoms with Crippen LogP contribution in [0.5, 0.6) is 0 Å². The van der Waals surface area contributed by atoms with Crippen LogP contribution >= 0.6 is 0 Å². The van der Waals surface area contributed by atoms with Gasteiger partial charge in [0.1, 0.15) is 0 Å². The number of nitrogens with zero attached hydrogens (tertiary/aromatic N) is 5. The number of anilines is 2. The number of rotatable bonds is 1. The van der Waals surface area contributed by atoms with E-state index in [1.165, 1.54) is 29.2 Å². The molecule has 0 spiro atoms. The molecule has 1 aliphatic heterocycles. The Morgan fingerprint density at radius 3 is 2.35 bits per heavy atom. The fourth-order valence-corrected chi connectivity index (χ4v) is 3.04. The summed E-state index contributed by atoms with van der Waals surface area (Å²) in [6.07, 6.45) is -9.15. The molecule has 3 heterocycles. The molecule has 0 fully saturated rings. The lowest BCUT2D eigenvalue weighted by Gasteiger charge is -2.19. The van der Waals surface area contributed by atoms with Crippen molar-refractivity contribution in [2.75, 3.05) is 11.4 Å². The van der Waals surface area contributed by atoms with Crippen LogP contribution < -0.4 is 4.90 Å². The smallest absolute Gasteiger partial charge is 0.324 e. The molecule has 2 aromatic heterocycles. The molecular weight excluding hydrogens is 364 g/mol. The van der Waals surface area contributed by atoms with Gasteiger partial charge in [-0.2, -0.15) is 30.9 Å². The van der Waals surface area contributed by atoms with Crippen LogP contribution in [0.25, 0.3) is 5.65 Å². The quantitative estimate of drug-likeness (QED) is 0.608. The Kier molecular flexibility index (Phi) is 3.40. The SMILES string of the molecule is FC(F)(F)c1cccc2c1CCN2c1ccc2nnc(C(F)(F)F)n2n1. The van der Waals surface area contributed by atoms with Gasteiger partial charge in [0, 0.05) is 12.2 Å². The first-order chi connectivity index (χ1) is 12.2. The van der Waals surface area contributed by atoms with Crippen LogP contribution in [0.15, 0.2) is 30.3 Å². The number of fused-ring (bicyclic) bond motifs is 2. The van der Waals surface area contributed by atoms with E-state index in [-0.39, 0.29) is 35.7 Å². The van der Waals surface area contributed by atoms with Crippen LogP contribution in [-0.4, -0.2) is 26.4 Å². The Morgan fingerprint density at radius 1 is 0.885 bits per heavy atom. The lowest BCUT2D eigenvalue weighted by Crippen LogP contribution is -2.18. The summed E-state index contributed by atoms with van der Waals surface area (Å²) < 4.78 is 78.9. The zero-order chi connectivity index (χ0) is 18.7. The second-order valence-corrected chi connectivity index (χ2v) is 5.69. The standard InChI is InChI=1S/C15H9F6N5/c16-14(17,18)9-2-1-3-10-8(9)6-7-25(10)12-5-4-11-22-23-13(15(19,20)21)26(11)24-12/h1-5H,6-7H2. The van der Waals surface area contributed by atoms with Crippen molar-refractivity contribution in [3.63, 3.8) is 0 Å². The lowest BCUT2D eigenvalue weighted by atomic mass is 10.0. The van der Waals surface area contributed by atoms with Gasteiger partial charge in [0.2, 0.25) is 0 Å². The second kappa shape index (κ2) is 5.32. The van der Waals surface area contributed by atoms with Crippen molar-refractivity contribution in [1.82, 2.24) is 19.8 Å². The lowest BCUT2D eigenvalue weighted by molar-refractivity contribution is -0.146. The van der Waals surface area contributed by atoms with Crippen molar-refractivity contribution in [1.29, 1.82) is 0 Å². The average molecular weight is 373 g/mol. The van der Waals surface area contributed by atoms with Crippen LogP contribution in [0, 0.1) is 0 Å². The van der Waals surface area contributed by atoms with Gasteiger partial charge in [0.15, 0.2) is 11.5 Å². The van der Waals surface area contributed by atoms with E-state index in [1.807, 2.05) is 0 Å². The predicted molar refractivity (Wildman–Crippen MR) is 77.9 cm³/mol. The summed E-state index contributed by atoms with van der Waals surface area (Å²) in [5.74, 6) is -1.21. The van der Waals surface area contributed by atoms with Crippen molar-refractivity contribution in [2.45, 2.75) is 18.8 Å². The molecule has 26 heavy (non-hydrogen) atoms. The topological polar surface area (TPSA) is 46.3 Å². The monoisotopic (exact) mass is 373 g/mol. The number of hydrogen-bond donors (Lipinski definition) is 0. The van der Waals surface area contributed by atoms with Gasteiger partial charge in [0.05, 0.1) is 5.56 Å². The third-order valence-corrected chi connectivity index (χ3v) is 4.11. The van der Waals surface area contributed by atoms with E-state index in [1.54, 1.807) is 0 Å². The molecule has 3 aromatic rings. The van der Waals surface area contributed by atoms with Crippen LogP contribution in [0.4, 0.5) is 37.8 Å². The fourth-order valence-electron chi connectivity index (χ4n) is 3.04. The molecule has 0 atom stereocenters. The van der Waals surface area contributed by atoms with E-state index in [0.29, 0.717) is 4.52 Å². The normalized spacial score (nSPS) is 14.9. The van der Waals surface area contributed by atoms with E-state index in [0.717, 1.165) is 6.07 Å². The Bertz CT molecular complexity index is 990. The first-order valence-electron chi connectivity index (χ1n) is 7.42. The van der Waals surface area contributed by atoms with Crippen LogP contribution in [-0.2, 0) is 18.8 Å². The predicted octanol–water partition coefficient (Wildman–Crippen LogP) is 3.86. The van der Waals surface area contributed by atoms with Gasteiger partial charge in [-0.3, -0.25) is 0 Å². The van der Waals surface area contributed by atoms with E-state index in [2.05, 4.69) is 15.3 Å². The number of benzene rings is 1. The summed E-state index contributed by atoms with van der Waals surface area (Å²) >= 11 is 0. The third-order valence-electron chi connectivity index (χ3n) is 4.11. The number of hydrogen-bond acceptors (Lipinski definition) is 4. The van der Waals surface area contributed by atoms with E-state index >= 15 is 0 Å². The minimum absolute atomic E-state index is 0.0841. The first-order valence-corrected chi connectivity index (χ1v) is 7.42. The molecule has 0 amide bonds. The minimum Gasteiger partial charge on any atom is -0.324 e. The van der Waals surface area contributed by atoms with E-state index in [4.69, 9.17) is 0 Å². The van der Waals surface area contributed by atoms with Crippen molar-refractivity contribution in [2.24, 2.45) is 0 Å². The van der Waals surface area contributed by atoms with Crippen LogP contribution in [0.2, 0.25) is 0 Å². The highest BCUT2D eigenvalue weighted by atomic mass is 19.4. The number of aromatic nitrogens is 4. The Balaban J connectivity index is 1.82. The molecular formula is C15H9F6N5. The number of halogens is 6. The maximum absolute atomic E-state index is 13.1. The van der Waals surface area contributed by atoms with Gasteiger partial charge in [-0.25, -0.2) is 0 Å². The minimum atomic E-state index is -4.75. The summed E-state index contributed by atoms with van der Waals surface area (Å²) in [6, 6.07) is 6.43. The average Bonchev–Trinajstić information content (AvgIpc) is 3.16. The summed E-state index contributed by atoms with van der Waals surface area (Å²) in [7, 11) is 0. The summed E-state index contributed by atoms with van der Waals surface area (Å²) in [5, 5.41) is 10.4. The van der Waals surface area contributed by atoms with Crippen LogP contribution in [0.3, 0.4) is 0 Å². The summed E-state index contributed by atoms with van der Waals surface area (Å²) in [5.41, 5.74) is -0.488. The second-order valence-electron chi connectivity index (χ2n) is 5.69. The molecule has 0 unspecified atom stereocenters. The zero-order valence-corrected chi connectivity index (χ0v) is 12.8. The van der Waals surface area contributed by atoms with Crippen molar-refractivity contribution < 1.29 is 26.3 Å². The fraction of sp³-hybridized carbons (Fsp3) is 0.267. The largest absolute Gasteiger partial charge is 0.453 e. The van der Waals surface area contributed by atoms with Gasteiger partial charge in [-0.05, 0) is 36.2 Å². The van der Waals surface area contributed by atoms with Gasteiger partial charge in [0.25, 0.3) is 5.82 Å². The Labute approximate surface area is 141 Å². The molecule has 1 aliphatic rings. The molecule has 0 N–H and O–H groups in total. The molecule has 0 bridgehead atoms. The molecule has 11 heteroatoms. The number of alkyl halides is 6. The molecule has 0 radical (unpaired) electrons. The maximum Gasteiger partial charge on any atom is 0.453 e. The van der Waals surface area contributed by atoms with Crippen molar-refractivity contribution in [3.05, 3.63) is 47.3 Å². The highest BCUT2D eigenvalue weighted by molar-refractivity contribution is 5.69. The zero-order valence-electron chi connectivity index (χ0n) is 12.8. The van der Waals surface area contributed by atoms with E-state index < -0.39 is 23.7 Å². The molecule has 5 nitrogen and oxygen atoms in total. The Morgan fingerprint density at radius 2 is 1.65 bits per heavy atom. The highest BCUT2D eigenvalue weighted by Crippen LogP contribution is 2.41. The highest BCUT2D eigenvalue weighted by Gasteiger charge is 2.39. The van der Waals surface area contributed by atoms with Crippen molar-refractivity contribution >= 4 is 17.2 Å². The van der Waals surface area contributed by atoms with Crippen molar-refractivity contribution in [3.8, 4) is 0 Å². The van der Waals surface area contributed by atoms with Gasteiger partial charge >= 0.3 is 12.4 Å². The van der Waals surface area contributed by atoms with Gasteiger partial charge < -0.3 is 4.90 Å². The first kappa shape index (κ1) is 16.6. The van der Waals surface area contributed by atoms with Gasteiger partial charge in [-0.1, -0.05) is 6.07 Å². The molecule has 4 rings (SSSR count). The molecule has 1 aromatic carbocycles. The molecule has 0 saturated heterocycles. The summed E-state index contributed by atoms with van der Waals surface area (Å²) in [4.78, 5) is 1.45. The third kappa shape index (κ3) is 2.54. The maximum atomic E-state index is 13.1. The molecule has 0 aliphatic carbocycles.